The van der Waals surface area contributed by atoms with Crippen LogP contribution in [0.4, 0.5) is 5.69 Å². The van der Waals surface area contributed by atoms with E-state index in [2.05, 4.69) is 0 Å². The molecule has 0 aliphatic carbocycles. The molecular formula is C15H22N2O4. The number of hydrogen-bond donors (Lipinski definition) is 1. The number of non-ortho nitro benzene ring substituents is 1. The standard InChI is InChI=1S/C15H22N2O4/c1-14(2,3)21-13(18)15(4,5)12(16)10-6-8-11(9-7-10)17(19)20/h6-9,12H,16H2,1-5H3/t12-/m1/s1. The van der Waals surface area contributed by atoms with Gasteiger partial charge in [0.2, 0.25) is 0 Å². The van der Waals surface area contributed by atoms with E-state index >= 15 is 0 Å². The summed E-state index contributed by atoms with van der Waals surface area (Å²) in [4.78, 5) is 22.4. The fraction of sp³-hybridized carbons (Fsp3) is 0.533. The molecule has 6 heteroatoms. The van der Waals surface area contributed by atoms with Gasteiger partial charge >= 0.3 is 5.97 Å². The minimum atomic E-state index is -0.941. The molecule has 116 valence electrons. The van der Waals surface area contributed by atoms with Crippen LogP contribution < -0.4 is 5.73 Å². The van der Waals surface area contributed by atoms with Crippen LogP contribution in [-0.4, -0.2) is 16.5 Å². The third kappa shape index (κ3) is 4.26. The molecule has 1 aromatic carbocycles. The molecule has 6 nitrogen and oxygen atoms in total. The lowest BCUT2D eigenvalue weighted by Gasteiger charge is -2.33. The molecule has 1 rings (SSSR count). The van der Waals surface area contributed by atoms with Crippen molar-refractivity contribution in [2.45, 2.75) is 46.3 Å². The van der Waals surface area contributed by atoms with Crippen molar-refractivity contribution in [3.63, 3.8) is 0 Å². The van der Waals surface area contributed by atoms with Gasteiger partial charge in [-0.15, -0.1) is 0 Å². The molecule has 2 N–H and O–H groups in total. The Kier molecular flexibility index (Phi) is 4.73. The predicted molar refractivity (Wildman–Crippen MR) is 79.7 cm³/mol. The molecule has 0 heterocycles. The van der Waals surface area contributed by atoms with Gasteiger partial charge in [-0.05, 0) is 40.2 Å². The minimum absolute atomic E-state index is 0.0129. The lowest BCUT2D eigenvalue weighted by Crippen LogP contribution is -2.41. The summed E-state index contributed by atoms with van der Waals surface area (Å²) in [6, 6.07) is 5.26. The zero-order valence-corrected chi connectivity index (χ0v) is 13.0. The smallest absolute Gasteiger partial charge is 0.313 e. The topological polar surface area (TPSA) is 95.5 Å². The monoisotopic (exact) mass is 294 g/mol. The van der Waals surface area contributed by atoms with Crippen LogP contribution in [0.2, 0.25) is 0 Å². The summed E-state index contributed by atoms with van der Waals surface area (Å²) in [5.74, 6) is -0.402. The van der Waals surface area contributed by atoms with E-state index in [1.54, 1.807) is 46.8 Å². The SMILES string of the molecule is CC(C)(C)OC(=O)C(C)(C)[C@H](N)c1ccc([N+](=O)[O-])cc1. The van der Waals surface area contributed by atoms with Crippen molar-refractivity contribution in [1.82, 2.24) is 0 Å². The lowest BCUT2D eigenvalue weighted by atomic mass is 9.81. The van der Waals surface area contributed by atoms with Gasteiger partial charge in [-0.25, -0.2) is 0 Å². The Labute approximate surface area is 124 Å². The number of ether oxygens (including phenoxy) is 1. The molecule has 0 spiro atoms. The number of nitro groups is 1. The van der Waals surface area contributed by atoms with E-state index in [1.165, 1.54) is 12.1 Å². The largest absolute Gasteiger partial charge is 0.460 e. The summed E-state index contributed by atoms with van der Waals surface area (Å²) >= 11 is 0. The summed E-state index contributed by atoms with van der Waals surface area (Å²) in [7, 11) is 0. The Morgan fingerprint density at radius 3 is 2.05 bits per heavy atom. The third-order valence-electron chi connectivity index (χ3n) is 3.17. The molecule has 21 heavy (non-hydrogen) atoms. The van der Waals surface area contributed by atoms with Crippen molar-refractivity contribution >= 4 is 11.7 Å². The number of hydrogen-bond acceptors (Lipinski definition) is 5. The van der Waals surface area contributed by atoms with Gasteiger partial charge in [0.1, 0.15) is 5.60 Å². The highest BCUT2D eigenvalue weighted by molar-refractivity contribution is 5.77. The molecule has 0 bridgehead atoms. The van der Waals surface area contributed by atoms with E-state index in [4.69, 9.17) is 10.5 Å². The summed E-state index contributed by atoms with van der Waals surface area (Å²) in [6.45, 7) is 8.77. The second kappa shape index (κ2) is 5.81. The molecule has 0 radical (unpaired) electrons. The number of esters is 1. The average molecular weight is 294 g/mol. The molecule has 0 saturated heterocycles. The van der Waals surface area contributed by atoms with Crippen molar-refractivity contribution in [2.24, 2.45) is 11.1 Å². The molecule has 1 atom stereocenters. The zero-order chi connectivity index (χ0) is 16.4. The Morgan fingerprint density at radius 1 is 1.19 bits per heavy atom. The van der Waals surface area contributed by atoms with E-state index in [-0.39, 0.29) is 5.69 Å². The van der Waals surface area contributed by atoms with E-state index in [0.29, 0.717) is 5.56 Å². The lowest BCUT2D eigenvalue weighted by molar-refractivity contribution is -0.384. The molecule has 0 aliphatic heterocycles. The van der Waals surface area contributed by atoms with Crippen LogP contribution in [-0.2, 0) is 9.53 Å². The number of nitro benzene ring substituents is 1. The van der Waals surface area contributed by atoms with Crippen LogP contribution in [0.25, 0.3) is 0 Å². The molecule has 0 aromatic heterocycles. The van der Waals surface area contributed by atoms with Gasteiger partial charge in [-0.2, -0.15) is 0 Å². The van der Waals surface area contributed by atoms with Crippen molar-refractivity contribution < 1.29 is 14.5 Å². The Morgan fingerprint density at radius 2 is 1.67 bits per heavy atom. The number of benzene rings is 1. The highest BCUT2D eigenvalue weighted by Gasteiger charge is 2.39. The molecule has 0 fully saturated rings. The Hall–Kier alpha value is -1.95. The highest BCUT2D eigenvalue weighted by Crippen LogP contribution is 2.34. The number of carbonyl (C=O) groups excluding carboxylic acids is 1. The quantitative estimate of drug-likeness (QED) is 0.523. The molecule has 1 aromatic rings. The maximum Gasteiger partial charge on any atom is 0.313 e. The normalized spacial score (nSPS) is 13.6. The van der Waals surface area contributed by atoms with Crippen molar-refractivity contribution in [2.75, 3.05) is 0 Å². The van der Waals surface area contributed by atoms with Crippen LogP contribution >= 0.6 is 0 Å². The summed E-state index contributed by atoms with van der Waals surface area (Å²) in [6.07, 6.45) is 0. The maximum atomic E-state index is 12.3. The van der Waals surface area contributed by atoms with Crippen LogP contribution in [0, 0.1) is 15.5 Å². The van der Waals surface area contributed by atoms with Gasteiger partial charge in [0.05, 0.1) is 10.3 Å². The third-order valence-corrected chi connectivity index (χ3v) is 3.17. The predicted octanol–water partition coefficient (Wildman–Crippen LogP) is 2.96. The number of nitrogens with two attached hydrogens (primary N) is 1. The van der Waals surface area contributed by atoms with Crippen molar-refractivity contribution in [1.29, 1.82) is 0 Å². The van der Waals surface area contributed by atoms with Crippen molar-refractivity contribution in [3.05, 3.63) is 39.9 Å². The summed E-state index contributed by atoms with van der Waals surface area (Å²) in [5, 5.41) is 10.6. The minimum Gasteiger partial charge on any atom is -0.460 e. The molecule has 0 unspecified atom stereocenters. The Balaban J connectivity index is 2.97. The van der Waals surface area contributed by atoms with Gasteiger partial charge in [-0.1, -0.05) is 12.1 Å². The second-order valence-corrected chi connectivity index (χ2v) is 6.55. The number of nitrogens with zero attached hydrogens (tertiary/aromatic N) is 1. The molecule has 0 saturated carbocycles. The van der Waals surface area contributed by atoms with Gasteiger partial charge in [0.25, 0.3) is 5.69 Å². The zero-order valence-electron chi connectivity index (χ0n) is 13.0. The van der Waals surface area contributed by atoms with Gasteiger partial charge in [-0.3, -0.25) is 14.9 Å². The Bertz CT molecular complexity index is 530. The first-order chi connectivity index (χ1) is 9.45. The second-order valence-electron chi connectivity index (χ2n) is 6.55. The number of carbonyl (C=O) groups is 1. The van der Waals surface area contributed by atoms with Crippen LogP contribution in [0.3, 0.4) is 0 Å². The first-order valence-electron chi connectivity index (χ1n) is 6.68. The summed E-state index contributed by atoms with van der Waals surface area (Å²) < 4.78 is 5.38. The van der Waals surface area contributed by atoms with E-state index in [9.17, 15) is 14.9 Å². The van der Waals surface area contributed by atoms with Gasteiger partial charge < -0.3 is 10.5 Å². The molecular weight excluding hydrogens is 272 g/mol. The number of rotatable bonds is 4. The van der Waals surface area contributed by atoms with Gasteiger partial charge in [0.15, 0.2) is 0 Å². The van der Waals surface area contributed by atoms with Crippen LogP contribution in [0.1, 0.15) is 46.2 Å². The van der Waals surface area contributed by atoms with E-state index in [0.717, 1.165) is 0 Å². The van der Waals surface area contributed by atoms with E-state index < -0.39 is 28.0 Å². The molecule has 0 amide bonds. The fourth-order valence-electron chi connectivity index (χ4n) is 1.76. The van der Waals surface area contributed by atoms with Crippen LogP contribution in [0.15, 0.2) is 24.3 Å². The first kappa shape index (κ1) is 17.1. The van der Waals surface area contributed by atoms with Crippen LogP contribution in [0.5, 0.6) is 0 Å². The first-order valence-corrected chi connectivity index (χ1v) is 6.68. The average Bonchev–Trinajstić information content (AvgIpc) is 2.35. The summed E-state index contributed by atoms with van der Waals surface area (Å²) in [5.41, 5.74) is 5.25. The van der Waals surface area contributed by atoms with E-state index in [1.807, 2.05) is 0 Å². The van der Waals surface area contributed by atoms with Gasteiger partial charge in [0, 0.05) is 18.2 Å². The highest BCUT2D eigenvalue weighted by atomic mass is 16.6. The van der Waals surface area contributed by atoms with Crippen molar-refractivity contribution in [3.8, 4) is 0 Å². The maximum absolute atomic E-state index is 12.3. The fourth-order valence-corrected chi connectivity index (χ4v) is 1.76. The molecule has 0 aliphatic rings.